The Hall–Kier alpha value is -1.49. The Morgan fingerprint density at radius 2 is 1.95 bits per heavy atom. The summed E-state index contributed by atoms with van der Waals surface area (Å²) in [7, 11) is 0. The van der Waals surface area contributed by atoms with Gasteiger partial charge in [0.15, 0.2) is 0 Å². The average molecular weight is 293 g/mol. The van der Waals surface area contributed by atoms with Crippen molar-refractivity contribution in [3.63, 3.8) is 0 Å². The normalized spacial score (nSPS) is 22.6. The molecule has 0 aliphatic heterocycles. The molecule has 1 fully saturated rings. The Labute approximate surface area is 123 Å². The predicted molar refractivity (Wildman–Crippen MR) is 78.6 cm³/mol. The number of hydrogen-bond donors (Lipinski definition) is 2. The molecule has 20 heavy (non-hydrogen) atoms. The summed E-state index contributed by atoms with van der Waals surface area (Å²) in [6.07, 6.45) is 1.30. The minimum Gasteiger partial charge on any atom is -0.481 e. The molecule has 2 N–H and O–H groups in total. The van der Waals surface area contributed by atoms with Crippen molar-refractivity contribution in [3.8, 4) is 0 Å². The van der Waals surface area contributed by atoms with Crippen molar-refractivity contribution >= 4 is 23.6 Å². The van der Waals surface area contributed by atoms with Gasteiger partial charge in [0.05, 0.1) is 11.8 Å². The van der Waals surface area contributed by atoms with Crippen molar-refractivity contribution in [1.29, 1.82) is 0 Å². The predicted octanol–water partition coefficient (Wildman–Crippen LogP) is 2.39. The summed E-state index contributed by atoms with van der Waals surface area (Å²) in [5.41, 5.74) is 0. The molecule has 5 heteroatoms. The lowest BCUT2D eigenvalue weighted by molar-refractivity contribution is -0.152. The first-order chi connectivity index (χ1) is 9.58. The van der Waals surface area contributed by atoms with Gasteiger partial charge in [-0.2, -0.15) is 0 Å². The number of carbonyl (C=O) groups is 2. The van der Waals surface area contributed by atoms with Gasteiger partial charge >= 0.3 is 5.97 Å². The van der Waals surface area contributed by atoms with Gasteiger partial charge < -0.3 is 10.4 Å². The maximum Gasteiger partial charge on any atom is 0.307 e. The summed E-state index contributed by atoms with van der Waals surface area (Å²) >= 11 is 1.70. The van der Waals surface area contributed by atoms with E-state index in [0.29, 0.717) is 19.4 Å². The minimum absolute atomic E-state index is 0.121. The Morgan fingerprint density at radius 1 is 1.30 bits per heavy atom. The van der Waals surface area contributed by atoms with Crippen LogP contribution in [0.3, 0.4) is 0 Å². The number of hydrogen-bond acceptors (Lipinski definition) is 3. The molecule has 3 atom stereocenters. The van der Waals surface area contributed by atoms with E-state index in [9.17, 15) is 9.59 Å². The third-order valence-corrected chi connectivity index (χ3v) is 4.69. The molecule has 108 valence electrons. The Balaban J connectivity index is 1.75. The molecule has 0 bridgehead atoms. The molecule has 0 saturated heterocycles. The molecule has 4 nitrogen and oxygen atoms in total. The number of thioether (sulfide) groups is 1. The number of nitrogens with one attached hydrogen (secondary N) is 1. The van der Waals surface area contributed by atoms with Crippen molar-refractivity contribution in [2.24, 2.45) is 11.8 Å². The summed E-state index contributed by atoms with van der Waals surface area (Å²) in [4.78, 5) is 24.0. The SMILES string of the molecule is CC(CNC(=O)C1CCC1C(=O)O)Sc1ccccc1. The second-order valence-corrected chi connectivity index (χ2v) is 6.63. The number of carboxylic acids is 1. The van der Waals surface area contributed by atoms with Crippen LogP contribution in [0.4, 0.5) is 0 Å². The second kappa shape index (κ2) is 6.79. The number of benzene rings is 1. The van der Waals surface area contributed by atoms with Crippen LogP contribution in [-0.4, -0.2) is 28.8 Å². The van der Waals surface area contributed by atoms with Crippen LogP contribution in [-0.2, 0) is 9.59 Å². The standard InChI is InChI=1S/C15H19NO3S/c1-10(20-11-5-3-2-4-6-11)9-16-14(17)12-7-8-13(12)15(18)19/h2-6,10,12-13H,7-9H2,1H3,(H,16,17)(H,18,19). The molecule has 1 aliphatic rings. The average Bonchev–Trinajstić information content (AvgIpc) is 2.35. The molecule has 1 aromatic carbocycles. The highest BCUT2D eigenvalue weighted by atomic mass is 32.2. The molecule has 2 rings (SSSR count). The molecule has 1 saturated carbocycles. The van der Waals surface area contributed by atoms with Crippen LogP contribution >= 0.6 is 11.8 Å². The largest absolute Gasteiger partial charge is 0.481 e. The van der Waals surface area contributed by atoms with Crippen LogP contribution in [0.15, 0.2) is 35.2 Å². The highest BCUT2D eigenvalue weighted by Gasteiger charge is 2.41. The van der Waals surface area contributed by atoms with E-state index in [-0.39, 0.29) is 17.1 Å². The van der Waals surface area contributed by atoms with Crippen molar-refractivity contribution in [1.82, 2.24) is 5.32 Å². The lowest BCUT2D eigenvalue weighted by Crippen LogP contribution is -2.45. The van der Waals surface area contributed by atoms with Gasteiger partial charge in [-0.3, -0.25) is 9.59 Å². The molecule has 3 unspecified atom stereocenters. The number of carbonyl (C=O) groups excluding carboxylic acids is 1. The fourth-order valence-corrected chi connectivity index (χ4v) is 3.20. The van der Waals surface area contributed by atoms with E-state index in [1.54, 1.807) is 11.8 Å². The van der Waals surface area contributed by atoms with Gasteiger partial charge in [-0.25, -0.2) is 0 Å². The lowest BCUT2D eigenvalue weighted by Gasteiger charge is -2.32. The van der Waals surface area contributed by atoms with Crippen molar-refractivity contribution in [2.45, 2.75) is 29.9 Å². The highest BCUT2D eigenvalue weighted by Crippen LogP contribution is 2.34. The van der Waals surface area contributed by atoms with Crippen LogP contribution in [0.25, 0.3) is 0 Å². The molecule has 1 aromatic rings. The van der Waals surface area contributed by atoms with E-state index in [2.05, 4.69) is 5.32 Å². The molecule has 0 aromatic heterocycles. The van der Waals surface area contributed by atoms with Crippen LogP contribution < -0.4 is 5.32 Å². The van der Waals surface area contributed by atoms with Gasteiger partial charge in [-0.1, -0.05) is 25.1 Å². The topological polar surface area (TPSA) is 66.4 Å². The molecule has 0 radical (unpaired) electrons. The van der Waals surface area contributed by atoms with Crippen LogP contribution in [0.5, 0.6) is 0 Å². The zero-order chi connectivity index (χ0) is 14.5. The highest BCUT2D eigenvalue weighted by molar-refractivity contribution is 8.00. The molecular formula is C15H19NO3S. The first kappa shape index (κ1) is 14.9. The fourth-order valence-electron chi connectivity index (χ4n) is 2.26. The first-order valence-electron chi connectivity index (χ1n) is 6.80. The van der Waals surface area contributed by atoms with Crippen molar-refractivity contribution < 1.29 is 14.7 Å². The first-order valence-corrected chi connectivity index (χ1v) is 7.68. The number of carboxylic acid groups (broad SMARTS) is 1. The molecule has 0 spiro atoms. The summed E-state index contributed by atoms with van der Waals surface area (Å²) in [5, 5.41) is 12.1. The number of rotatable bonds is 6. The molecule has 1 amide bonds. The second-order valence-electron chi connectivity index (χ2n) is 5.12. The lowest BCUT2D eigenvalue weighted by atomic mass is 9.73. The van der Waals surface area contributed by atoms with E-state index >= 15 is 0 Å². The third-order valence-electron chi connectivity index (χ3n) is 3.57. The third kappa shape index (κ3) is 3.76. The quantitative estimate of drug-likeness (QED) is 0.790. The van der Waals surface area contributed by atoms with Crippen molar-refractivity contribution in [3.05, 3.63) is 30.3 Å². The van der Waals surface area contributed by atoms with Gasteiger partial charge in [-0.15, -0.1) is 11.8 Å². The van der Waals surface area contributed by atoms with Gasteiger partial charge in [0.25, 0.3) is 0 Å². The molecule has 0 heterocycles. The van der Waals surface area contributed by atoms with Crippen LogP contribution in [0.1, 0.15) is 19.8 Å². The summed E-state index contributed by atoms with van der Waals surface area (Å²) in [6.45, 7) is 2.61. The van der Waals surface area contributed by atoms with E-state index in [0.717, 1.165) is 0 Å². The zero-order valence-corrected chi connectivity index (χ0v) is 12.2. The van der Waals surface area contributed by atoms with Gasteiger partial charge in [-0.05, 0) is 25.0 Å². The van der Waals surface area contributed by atoms with E-state index in [1.165, 1.54) is 4.90 Å². The maximum absolute atomic E-state index is 11.9. The Kier molecular flexibility index (Phi) is 5.06. The summed E-state index contributed by atoms with van der Waals surface area (Å²) < 4.78 is 0. The Morgan fingerprint density at radius 3 is 2.50 bits per heavy atom. The molecular weight excluding hydrogens is 274 g/mol. The summed E-state index contributed by atoms with van der Waals surface area (Å²) in [5.74, 6) is -1.82. The van der Waals surface area contributed by atoms with Crippen LogP contribution in [0.2, 0.25) is 0 Å². The van der Waals surface area contributed by atoms with Gasteiger partial charge in [0, 0.05) is 16.7 Å². The van der Waals surface area contributed by atoms with E-state index in [1.807, 2.05) is 37.3 Å². The van der Waals surface area contributed by atoms with Crippen LogP contribution in [0, 0.1) is 11.8 Å². The zero-order valence-electron chi connectivity index (χ0n) is 11.4. The van der Waals surface area contributed by atoms with Gasteiger partial charge in [0.1, 0.15) is 0 Å². The Bertz CT molecular complexity index is 477. The number of aliphatic carboxylic acids is 1. The van der Waals surface area contributed by atoms with E-state index in [4.69, 9.17) is 5.11 Å². The summed E-state index contributed by atoms with van der Waals surface area (Å²) in [6, 6.07) is 10.0. The van der Waals surface area contributed by atoms with E-state index < -0.39 is 11.9 Å². The smallest absolute Gasteiger partial charge is 0.307 e. The fraction of sp³-hybridized carbons (Fsp3) is 0.467. The maximum atomic E-state index is 11.9. The van der Waals surface area contributed by atoms with Crippen molar-refractivity contribution in [2.75, 3.05) is 6.54 Å². The monoisotopic (exact) mass is 293 g/mol. The van der Waals surface area contributed by atoms with Gasteiger partial charge in [0.2, 0.25) is 5.91 Å². The molecule has 1 aliphatic carbocycles. The minimum atomic E-state index is -0.858. The number of amides is 1.